The summed E-state index contributed by atoms with van der Waals surface area (Å²) in [4.78, 5) is 15.9. The summed E-state index contributed by atoms with van der Waals surface area (Å²) < 4.78 is 5.27. The quantitative estimate of drug-likeness (QED) is 0.814. The van der Waals surface area contributed by atoms with E-state index in [-0.39, 0.29) is 11.9 Å². The van der Waals surface area contributed by atoms with Gasteiger partial charge in [0, 0.05) is 30.8 Å². The number of carbonyl (C=O) groups excluding carboxylic acids is 1. The maximum atomic E-state index is 11.6. The van der Waals surface area contributed by atoms with Gasteiger partial charge in [-0.2, -0.15) is 0 Å². The van der Waals surface area contributed by atoms with E-state index in [9.17, 15) is 4.79 Å². The monoisotopic (exact) mass is 250 g/mol. The summed E-state index contributed by atoms with van der Waals surface area (Å²) in [6, 6.07) is 5.73. The van der Waals surface area contributed by atoms with Crippen molar-refractivity contribution in [3.8, 4) is 0 Å². The second-order valence-corrected chi connectivity index (χ2v) is 5.31. The molecule has 0 aliphatic heterocycles. The summed E-state index contributed by atoms with van der Waals surface area (Å²) in [5, 5.41) is 0. The molecule has 100 valence electrons. The normalized spacial score (nSPS) is 13.1. The lowest BCUT2D eigenvalue weighted by molar-refractivity contribution is -0.155. The highest BCUT2D eigenvalue weighted by Crippen LogP contribution is 2.19. The molecule has 0 saturated carbocycles. The first-order chi connectivity index (χ1) is 8.42. The average Bonchev–Trinajstić information content (AvgIpc) is 2.29. The van der Waals surface area contributed by atoms with Crippen molar-refractivity contribution in [1.29, 1.82) is 0 Å². The minimum absolute atomic E-state index is 0.110. The van der Waals surface area contributed by atoms with Crippen LogP contribution in [0.15, 0.2) is 24.4 Å². The Morgan fingerprint density at radius 1 is 1.44 bits per heavy atom. The van der Waals surface area contributed by atoms with E-state index in [2.05, 4.69) is 4.98 Å². The second kappa shape index (κ2) is 6.50. The minimum atomic E-state index is -0.430. The largest absolute Gasteiger partial charge is 0.460 e. The number of hydrogen-bond donors (Lipinski definition) is 1. The van der Waals surface area contributed by atoms with Crippen LogP contribution >= 0.6 is 0 Å². The van der Waals surface area contributed by atoms with E-state index < -0.39 is 5.60 Å². The fourth-order valence-electron chi connectivity index (χ4n) is 1.69. The third-order valence-electron chi connectivity index (χ3n) is 2.51. The van der Waals surface area contributed by atoms with E-state index in [1.165, 1.54) is 0 Å². The number of aromatic nitrogens is 1. The number of nitrogens with zero attached hydrogens (tertiary/aromatic N) is 1. The average molecular weight is 250 g/mol. The van der Waals surface area contributed by atoms with Crippen LogP contribution in [0.25, 0.3) is 0 Å². The van der Waals surface area contributed by atoms with Gasteiger partial charge in [0.15, 0.2) is 0 Å². The van der Waals surface area contributed by atoms with Crippen LogP contribution in [0.5, 0.6) is 0 Å². The highest BCUT2D eigenvalue weighted by Gasteiger charge is 2.18. The molecule has 0 bridgehead atoms. The van der Waals surface area contributed by atoms with Crippen LogP contribution in [0.1, 0.15) is 45.2 Å². The molecule has 2 N–H and O–H groups in total. The first-order valence-electron chi connectivity index (χ1n) is 6.25. The van der Waals surface area contributed by atoms with Crippen LogP contribution < -0.4 is 5.73 Å². The summed E-state index contributed by atoms with van der Waals surface area (Å²) in [6.07, 6.45) is 2.78. The number of rotatable bonds is 5. The predicted molar refractivity (Wildman–Crippen MR) is 71.1 cm³/mol. The number of hydrogen-bond acceptors (Lipinski definition) is 4. The van der Waals surface area contributed by atoms with Gasteiger partial charge in [-0.05, 0) is 39.3 Å². The molecule has 1 atom stereocenters. The standard InChI is InChI=1S/C14H22N2O2/c1-14(2,3)18-13(17)8-7-11(10-15)12-6-4-5-9-16-12/h4-6,9,11H,7-8,10,15H2,1-3H3. The Bertz CT molecular complexity index is 371. The van der Waals surface area contributed by atoms with Crippen molar-refractivity contribution in [2.24, 2.45) is 5.73 Å². The molecule has 1 heterocycles. The van der Waals surface area contributed by atoms with Gasteiger partial charge >= 0.3 is 5.97 Å². The molecule has 0 amide bonds. The van der Waals surface area contributed by atoms with Crippen LogP contribution in [-0.4, -0.2) is 23.1 Å². The van der Waals surface area contributed by atoms with Gasteiger partial charge < -0.3 is 10.5 Å². The molecule has 0 saturated heterocycles. The molecule has 0 aliphatic carbocycles. The van der Waals surface area contributed by atoms with Crippen molar-refractivity contribution in [3.05, 3.63) is 30.1 Å². The Morgan fingerprint density at radius 3 is 2.67 bits per heavy atom. The number of carbonyl (C=O) groups is 1. The summed E-state index contributed by atoms with van der Waals surface area (Å²) in [6.45, 7) is 6.08. The Hall–Kier alpha value is -1.42. The molecule has 4 nitrogen and oxygen atoms in total. The van der Waals surface area contributed by atoms with Gasteiger partial charge in [-0.3, -0.25) is 9.78 Å². The van der Waals surface area contributed by atoms with E-state index >= 15 is 0 Å². The zero-order valence-corrected chi connectivity index (χ0v) is 11.3. The van der Waals surface area contributed by atoms with Crippen LogP contribution in [0, 0.1) is 0 Å². The topological polar surface area (TPSA) is 65.2 Å². The highest BCUT2D eigenvalue weighted by molar-refractivity contribution is 5.69. The predicted octanol–water partition coefficient (Wildman–Crippen LogP) is 2.25. The lowest BCUT2D eigenvalue weighted by Crippen LogP contribution is -2.24. The third kappa shape index (κ3) is 5.27. The van der Waals surface area contributed by atoms with E-state index in [0.717, 1.165) is 5.69 Å². The van der Waals surface area contributed by atoms with Gasteiger partial charge in [0.2, 0.25) is 0 Å². The lowest BCUT2D eigenvalue weighted by atomic mass is 9.99. The number of pyridine rings is 1. The summed E-state index contributed by atoms with van der Waals surface area (Å²) in [7, 11) is 0. The summed E-state index contributed by atoms with van der Waals surface area (Å²) in [5.74, 6) is -0.0735. The molecule has 1 unspecified atom stereocenters. The number of nitrogens with two attached hydrogens (primary N) is 1. The van der Waals surface area contributed by atoms with Crippen molar-refractivity contribution in [2.45, 2.75) is 45.1 Å². The van der Waals surface area contributed by atoms with Crippen LogP contribution in [0.2, 0.25) is 0 Å². The van der Waals surface area contributed by atoms with Gasteiger partial charge in [-0.1, -0.05) is 6.07 Å². The zero-order chi connectivity index (χ0) is 13.6. The van der Waals surface area contributed by atoms with Crippen molar-refractivity contribution in [1.82, 2.24) is 4.98 Å². The molecular weight excluding hydrogens is 228 g/mol. The van der Waals surface area contributed by atoms with Crippen molar-refractivity contribution in [3.63, 3.8) is 0 Å². The van der Waals surface area contributed by atoms with Crippen molar-refractivity contribution < 1.29 is 9.53 Å². The Balaban J connectivity index is 2.48. The molecule has 18 heavy (non-hydrogen) atoms. The maximum Gasteiger partial charge on any atom is 0.306 e. The Kier molecular flexibility index (Phi) is 5.28. The minimum Gasteiger partial charge on any atom is -0.460 e. The Morgan fingerprint density at radius 2 is 2.17 bits per heavy atom. The molecule has 0 aromatic carbocycles. The van der Waals surface area contributed by atoms with Crippen LogP contribution in [0.3, 0.4) is 0 Å². The van der Waals surface area contributed by atoms with Gasteiger partial charge in [0.05, 0.1) is 0 Å². The summed E-state index contributed by atoms with van der Waals surface area (Å²) in [5.41, 5.74) is 6.23. The SMILES string of the molecule is CC(C)(C)OC(=O)CCC(CN)c1ccccn1. The van der Waals surface area contributed by atoms with E-state index in [1.807, 2.05) is 39.0 Å². The highest BCUT2D eigenvalue weighted by atomic mass is 16.6. The van der Waals surface area contributed by atoms with Crippen molar-refractivity contribution >= 4 is 5.97 Å². The van der Waals surface area contributed by atoms with Crippen LogP contribution in [0.4, 0.5) is 0 Å². The molecule has 4 heteroatoms. The fourth-order valence-corrected chi connectivity index (χ4v) is 1.69. The fraction of sp³-hybridized carbons (Fsp3) is 0.571. The molecule has 0 aliphatic rings. The smallest absolute Gasteiger partial charge is 0.306 e. The molecule has 0 radical (unpaired) electrons. The van der Waals surface area contributed by atoms with Crippen LogP contribution in [-0.2, 0) is 9.53 Å². The number of esters is 1. The van der Waals surface area contributed by atoms with E-state index in [4.69, 9.17) is 10.5 Å². The van der Waals surface area contributed by atoms with Gasteiger partial charge in [-0.15, -0.1) is 0 Å². The van der Waals surface area contributed by atoms with Gasteiger partial charge in [0.25, 0.3) is 0 Å². The van der Waals surface area contributed by atoms with Crippen molar-refractivity contribution in [2.75, 3.05) is 6.54 Å². The molecule has 0 fully saturated rings. The summed E-state index contributed by atoms with van der Waals surface area (Å²) >= 11 is 0. The number of ether oxygens (including phenoxy) is 1. The molecular formula is C14H22N2O2. The molecule has 1 aromatic heterocycles. The van der Waals surface area contributed by atoms with Gasteiger partial charge in [-0.25, -0.2) is 0 Å². The lowest BCUT2D eigenvalue weighted by Gasteiger charge is -2.20. The zero-order valence-electron chi connectivity index (χ0n) is 11.3. The van der Waals surface area contributed by atoms with E-state index in [1.54, 1.807) is 6.20 Å². The first kappa shape index (κ1) is 14.6. The second-order valence-electron chi connectivity index (χ2n) is 5.31. The van der Waals surface area contributed by atoms with Gasteiger partial charge in [0.1, 0.15) is 5.60 Å². The molecule has 1 rings (SSSR count). The maximum absolute atomic E-state index is 11.6. The van der Waals surface area contributed by atoms with E-state index in [0.29, 0.717) is 19.4 Å². The molecule has 1 aromatic rings. The molecule has 0 spiro atoms. The Labute approximate surface area is 109 Å². The third-order valence-corrected chi connectivity index (χ3v) is 2.51. The first-order valence-corrected chi connectivity index (χ1v) is 6.25.